The molecule has 2 aromatic rings. The molecule has 5 heteroatoms. The van der Waals surface area contributed by atoms with E-state index in [1.807, 2.05) is 11.6 Å². The van der Waals surface area contributed by atoms with Crippen LogP contribution in [0.1, 0.15) is 52.4 Å². The van der Waals surface area contributed by atoms with Crippen LogP contribution in [0.25, 0.3) is 5.69 Å². The molecule has 0 fully saturated rings. The molecule has 22 heavy (non-hydrogen) atoms. The summed E-state index contributed by atoms with van der Waals surface area (Å²) in [6.07, 6.45) is 1.35. The molecule has 0 saturated heterocycles. The van der Waals surface area contributed by atoms with E-state index < -0.39 is 5.91 Å². The van der Waals surface area contributed by atoms with E-state index in [1.165, 1.54) is 0 Å². The lowest BCUT2D eigenvalue weighted by molar-refractivity contribution is 0.0909. The van der Waals surface area contributed by atoms with E-state index in [0.29, 0.717) is 12.0 Å². The summed E-state index contributed by atoms with van der Waals surface area (Å²) >= 11 is 0. The minimum absolute atomic E-state index is 0.0680. The molecular weight excluding hydrogens is 278 g/mol. The Hall–Kier alpha value is -2.43. The number of nitrogens with zero attached hydrogens (tertiary/aromatic N) is 2. The van der Waals surface area contributed by atoms with Crippen molar-refractivity contribution in [2.45, 2.75) is 33.6 Å². The highest BCUT2D eigenvalue weighted by Crippen LogP contribution is 2.36. The van der Waals surface area contributed by atoms with E-state index in [0.717, 1.165) is 29.1 Å². The summed E-state index contributed by atoms with van der Waals surface area (Å²) in [5.74, 6) is -0.301. The zero-order valence-corrected chi connectivity index (χ0v) is 13.0. The van der Waals surface area contributed by atoms with Crippen LogP contribution in [-0.2, 0) is 6.42 Å². The van der Waals surface area contributed by atoms with Gasteiger partial charge < -0.3 is 5.73 Å². The van der Waals surface area contributed by atoms with Crippen molar-refractivity contribution in [1.82, 2.24) is 9.78 Å². The van der Waals surface area contributed by atoms with Crippen molar-refractivity contribution in [3.05, 3.63) is 46.8 Å². The normalized spacial score (nSPS) is 16.4. The molecule has 0 saturated carbocycles. The summed E-state index contributed by atoms with van der Waals surface area (Å²) in [4.78, 5) is 23.6. The van der Waals surface area contributed by atoms with Gasteiger partial charge in [-0.25, -0.2) is 4.68 Å². The van der Waals surface area contributed by atoms with E-state index in [-0.39, 0.29) is 11.2 Å². The van der Waals surface area contributed by atoms with Gasteiger partial charge in [-0.3, -0.25) is 9.59 Å². The maximum absolute atomic E-state index is 12.4. The van der Waals surface area contributed by atoms with Gasteiger partial charge in [0.2, 0.25) is 5.91 Å². The van der Waals surface area contributed by atoms with Gasteiger partial charge in [-0.2, -0.15) is 5.10 Å². The minimum atomic E-state index is -0.457. The average molecular weight is 297 g/mol. The third-order valence-electron chi connectivity index (χ3n) is 4.12. The van der Waals surface area contributed by atoms with E-state index in [9.17, 15) is 9.59 Å². The number of hydrogen-bond acceptors (Lipinski definition) is 3. The maximum Gasteiger partial charge on any atom is 0.248 e. The van der Waals surface area contributed by atoms with E-state index in [4.69, 9.17) is 5.73 Å². The van der Waals surface area contributed by atoms with Gasteiger partial charge in [0, 0.05) is 12.0 Å². The summed E-state index contributed by atoms with van der Waals surface area (Å²) < 4.78 is 1.81. The van der Waals surface area contributed by atoms with Gasteiger partial charge in [0.25, 0.3) is 0 Å². The summed E-state index contributed by atoms with van der Waals surface area (Å²) in [5.41, 5.74) is 8.94. The lowest BCUT2D eigenvalue weighted by Crippen LogP contribution is -2.28. The number of hydrogen-bond donors (Lipinski definition) is 1. The molecule has 0 atom stereocenters. The summed E-state index contributed by atoms with van der Waals surface area (Å²) in [5, 5.41) is 4.53. The molecule has 1 amide bonds. The van der Waals surface area contributed by atoms with E-state index in [1.54, 1.807) is 24.3 Å². The molecule has 1 aromatic heterocycles. The molecule has 0 radical (unpaired) electrons. The van der Waals surface area contributed by atoms with Gasteiger partial charge >= 0.3 is 0 Å². The van der Waals surface area contributed by atoms with Crippen LogP contribution in [0.3, 0.4) is 0 Å². The van der Waals surface area contributed by atoms with Crippen molar-refractivity contribution < 1.29 is 9.59 Å². The van der Waals surface area contributed by atoms with Crippen molar-refractivity contribution in [3.63, 3.8) is 0 Å². The van der Waals surface area contributed by atoms with Gasteiger partial charge in [0.05, 0.1) is 22.6 Å². The van der Waals surface area contributed by atoms with Crippen molar-refractivity contribution in [1.29, 1.82) is 0 Å². The molecule has 0 bridgehead atoms. The van der Waals surface area contributed by atoms with Crippen LogP contribution in [0.15, 0.2) is 24.3 Å². The molecule has 1 aromatic carbocycles. The Morgan fingerprint density at radius 1 is 1.23 bits per heavy atom. The van der Waals surface area contributed by atoms with Crippen LogP contribution in [0.2, 0.25) is 0 Å². The number of aryl methyl sites for hydroxylation is 1. The number of Topliss-reactive ketones (excluding diaryl/α,β-unsaturated/α-hetero) is 1. The Morgan fingerprint density at radius 3 is 2.45 bits per heavy atom. The predicted octanol–water partition coefficient (Wildman–Crippen LogP) is 2.43. The first-order valence-electron chi connectivity index (χ1n) is 7.30. The number of nitrogens with two attached hydrogens (primary N) is 1. The third kappa shape index (κ3) is 2.32. The van der Waals surface area contributed by atoms with Crippen molar-refractivity contribution in [2.75, 3.05) is 0 Å². The Kier molecular flexibility index (Phi) is 3.16. The number of rotatable bonds is 2. The number of ketones is 1. The molecule has 1 aliphatic carbocycles. The first-order valence-corrected chi connectivity index (χ1v) is 7.30. The maximum atomic E-state index is 12.4. The van der Waals surface area contributed by atoms with Gasteiger partial charge in [-0.1, -0.05) is 13.8 Å². The summed E-state index contributed by atoms with van der Waals surface area (Å²) in [7, 11) is 0. The Morgan fingerprint density at radius 2 is 1.86 bits per heavy atom. The van der Waals surface area contributed by atoms with Gasteiger partial charge in [0.15, 0.2) is 5.78 Å². The Balaban J connectivity index is 2.11. The minimum Gasteiger partial charge on any atom is -0.366 e. The smallest absolute Gasteiger partial charge is 0.248 e. The van der Waals surface area contributed by atoms with E-state index in [2.05, 4.69) is 18.9 Å². The molecule has 5 nitrogen and oxygen atoms in total. The topological polar surface area (TPSA) is 78.0 Å². The largest absolute Gasteiger partial charge is 0.366 e. The SMILES string of the molecule is Cc1nn(-c2ccc(C(N)=O)cc2)c2c1C(=O)CC(C)(C)C2. The fourth-order valence-corrected chi connectivity index (χ4v) is 3.12. The van der Waals surface area contributed by atoms with Gasteiger partial charge in [-0.05, 0) is 43.0 Å². The molecule has 0 aliphatic heterocycles. The fourth-order valence-electron chi connectivity index (χ4n) is 3.12. The number of carbonyl (C=O) groups is 2. The highest BCUT2D eigenvalue weighted by Gasteiger charge is 2.35. The monoisotopic (exact) mass is 297 g/mol. The summed E-state index contributed by atoms with van der Waals surface area (Å²) in [6, 6.07) is 6.96. The number of amides is 1. The molecule has 0 spiro atoms. The fraction of sp³-hybridized carbons (Fsp3) is 0.353. The Labute approximate surface area is 129 Å². The number of aromatic nitrogens is 2. The van der Waals surface area contributed by atoms with Crippen molar-refractivity contribution in [2.24, 2.45) is 11.1 Å². The number of benzene rings is 1. The van der Waals surface area contributed by atoms with Crippen molar-refractivity contribution >= 4 is 11.7 Å². The zero-order chi connectivity index (χ0) is 16.1. The Bertz CT molecular complexity index is 770. The van der Waals surface area contributed by atoms with Crippen LogP contribution < -0.4 is 5.73 Å². The highest BCUT2D eigenvalue weighted by atomic mass is 16.1. The molecule has 1 heterocycles. The predicted molar refractivity (Wildman–Crippen MR) is 83.3 cm³/mol. The zero-order valence-electron chi connectivity index (χ0n) is 13.0. The molecular formula is C17H19N3O2. The lowest BCUT2D eigenvalue weighted by atomic mass is 9.75. The molecule has 114 valence electrons. The van der Waals surface area contributed by atoms with E-state index >= 15 is 0 Å². The first kappa shape index (κ1) is 14.5. The lowest BCUT2D eigenvalue weighted by Gasteiger charge is -2.29. The van der Waals surface area contributed by atoms with Crippen LogP contribution in [0.5, 0.6) is 0 Å². The highest BCUT2D eigenvalue weighted by molar-refractivity contribution is 6.00. The van der Waals surface area contributed by atoms with Gasteiger partial charge in [-0.15, -0.1) is 0 Å². The van der Waals surface area contributed by atoms with Crippen LogP contribution in [0.4, 0.5) is 0 Å². The van der Waals surface area contributed by atoms with Gasteiger partial charge in [0.1, 0.15) is 0 Å². The van der Waals surface area contributed by atoms with Crippen LogP contribution in [0, 0.1) is 12.3 Å². The first-order chi connectivity index (χ1) is 10.3. The second kappa shape index (κ2) is 4.80. The quantitative estimate of drug-likeness (QED) is 0.924. The van der Waals surface area contributed by atoms with Crippen LogP contribution in [-0.4, -0.2) is 21.5 Å². The third-order valence-corrected chi connectivity index (χ3v) is 4.12. The standard InChI is InChI=1S/C17H19N3O2/c1-10-15-13(8-17(2,3)9-14(15)21)20(19-10)12-6-4-11(5-7-12)16(18)22/h4-7H,8-9H2,1-3H3,(H2,18,22). The molecule has 2 N–H and O–H groups in total. The number of carbonyl (C=O) groups excluding carboxylic acids is 2. The molecule has 3 rings (SSSR count). The second-order valence-electron chi connectivity index (χ2n) is 6.67. The average Bonchev–Trinajstić information content (AvgIpc) is 2.74. The molecule has 0 unspecified atom stereocenters. The van der Waals surface area contributed by atoms with Crippen LogP contribution >= 0.6 is 0 Å². The number of fused-ring (bicyclic) bond motifs is 1. The second-order valence-corrected chi connectivity index (χ2v) is 6.67. The van der Waals surface area contributed by atoms with Crippen molar-refractivity contribution in [3.8, 4) is 5.69 Å². The summed E-state index contributed by atoms with van der Waals surface area (Å²) in [6.45, 7) is 6.05. The molecule has 1 aliphatic rings. The number of primary amides is 1.